The van der Waals surface area contributed by atoms with Crippen LogP contribution in [0.4, 0.5) is 5.69 Å². The van der Waals surface area contributed by atoms with Gasteiger partial charge in [0, 0.05) is 5.69 Å². The standard InChI is InChI=1S/C16H16N2OS/c1-11(15(17)20)16(19)18-14-9-7-13(8-10-14)12-5-3-2-4-6-12/h2-11H,1H3,(H2,17,20)(H,18,19). The molecule has 0 saturated carbocycles. The molecule has 0 aromatic heterocycles. The van der Waals surface area contributed by atoms with Crippen molar-refractivity contribution >= 4 is 28.8 Å². The van der Waals surface area contributed by atoms with E-state index in [1.807, 2.05) is 54.6 Å². The Balaban J connectivity index is 2.09. The van der Waals surface area contributed by atoms with Gasteiger partial charge in [-0.25, -0.2) is 0 Å². The zero-order valence-corrected chi connectivity index (χ0v) is 12.0. The van der Waals surface area contributed by atoms with Crippen molar-refractivity contribution in [3.8, 4) is 11.1 Å². The van der Waals surface area contributed by atoms with Crippen LogP contribution in [0.2, 0.25) is 0 Å². The minimum absolute atomic E-state index is 0.190. The first-order valence-corrected chi connectivity index (χ1v) is 6.74. The average molecular weight is 284 g/mol. The van der Waals surface area contributed by atoms with Crippen molar-refractivity contribution in [1.29, 1.82) is 0 Å². The van der Waals surface area contributed by atoms with Crippen LogP contribution in [-0.4, -0.2) is 10.9 Å². The molecule has 3 nitrogen and oxygen atoms in total. The van der Waals surface area contributed by atoms with Crippen LogP contribution in [0, 0.1) is 5.92 Å². The summed E-state index contributed by atoms with van der Waals surface area (Å²) >= 11 is 4.81. The number of nitrogens with two attached hydrogens (primary N) is 1. The van der Waals surface area contributed by atoms with Crippen LogP contribution in [0.3, 0.4) is 0 Å². The zero-order chi connectivity index (χ0) is 14.5. The molecule has 0 saturated heterocycles. The maximum atomic E-state index is 11.8. The summed E-state index contributed by atoms with van der Waals surface area (Å²) in [5.41, 5.74) is 8.44. The molecular formula is C16H16N2OS. The summed E-state index contributed by atoms with van der Waals surface area (Å²) in [5, 5.41) is 2.80. The van der Waals surface area contributed by atoms with Gasteiger partial charge in [-0.15, -0.1) is 0 Å². The Morgan fingerprint density at radius 1 is 1.05 bits per heavy atom. The predicted molar refractivity (Wildman–Crippen MR) is 86.5 cm³/mol. The third kappa shape index (κ3) is 3.42. The van der Waals surface area contributed by atoms with Crippen molar-refractivity contribution in [1.82, 2.24) is 0 Å². The second-order valence-corrected chi connectivity index (χ2v) is 5.03. The van der Waals surface area contributed by atoms with Gasteiger partial charge in [0.1, 0.15) is 0 Å². The van der Waals surface area contributed by atoms with E-state index in [0.717, 1.165) is 16.8 Å². The molecule has 20 heavy (non-hydrogen) atoms. The second kappa shape index (κ2) is 6.30. The first kappa shape index (κ1) is 14.2. The molecule has 0 heterocycles. The van der Waals surface area contributed by atoms with Crippen LogP contribution in [0.5, 0.6) is 0 Å². The van der Waals surface area contributed by atoms with Crippen LogP contribution in [0.25, 0.3) is 11.1 Å². The average Bonchev–Trinajstić information content (AvgIpc) is 2.48. The number of amides is 1. The van der Waals surface area contributed by atoms with E-state index in [4.69, 9.17) is 18.0 Å². The number of carbonyl (C=O) groups excluding carboxylic acids is 1. The Morgan fingerprint density at radius 3 is 2.15 bits per heavy atom. The molecule has 0 aliphatic rings. The summed E-state index contributed by atoms with van der Waals surface area (Å²) in [5.74, 6) is -0.663. The van der Waals surface area contributed by atoms with Crippen molar-refractivity contribution in [2.45, 2.75) is 6.92 Å². The molecule has 0 radical (unpaired) electrons. The van der Waals surface area contributed by atoms with E-state index >= 15 is 0 Å². The SMILES string of the molecule is CC(C(=O)Nc1ccc(-c2ccccc2)cc1)C(N)=S. The van der Waals surface area contributed by atoms with Gasteiger partial charge in [-0.1, -0.05) is 54.7 Å². The molecule has 0 aliphatic carbocycles. The Bertz CT molecular complexity index is 608. The second-order valence-electron chi connectivity index (χ2n) is 4.56. The Labute approximate surface area is 123 Å². The highest BCUT2D eigenvalue weighted by atomic mass is 32.1. The lowest BCUT2D eigenvalue weighted by Gasteiger charge is -2.11. The first-order valence-electron chi connectivity index (χ1n) is 6.33. The van der Waals surface area contributed by atoms with Gasteiger partial charge in [-0.05, 0) is 30.2 Å². The van der Waals surface area contributed by atoms with Gasteiger partial charge >= 0.3 is 0 Å². The monoisotopic (exact) mass is 284 g/mol. The van der Waals surface area contributed by atoms with Crippen molar-refractivity contribution < 1.29 is 4.79 Å². The lowest BCUT2D eigenvalue weighted by atomic mass is 10.1. The zero-order valence-electron chi connectivity index (χ0n) is 11.2. The van der Waals surface area contributed by atoms with E-state index in [1.54, 1.807) is 6.92 Å². The fourth-order valence-corrected chi connectivity index (χ4v) is 1.86. The highest BCUT2D eigenvalue weighted by Crippen LogP contribution is 2.21. The highest BCUT2D eigenvalue weighted by Gasteiger charge is 2.15. The van der Waals surface area contributed by atoms with E-state index < -0.39 is 5.92 Å². The van der Waals surface area contributed by atoms with Crippen molar-refractivity contribution in [2.75, 3.05) is 5.32 Å². The summed E-state index contributed by atoms with van der Waals surface area (Å²) in [4.78, 5) is 12.0. The number of hydrogen-bond acceptors (Lipinski definition) is 2. The molecule has 1 amide bonds. The van der Waals surface area contributed by atoms with Crippen LogP contribution in [0.15, 0.2) is 54.6 Å². The fourth-order valence-electron chi connectivity index (χ4n) is 1.76. The minimum Gasteiger partial charge on any atom is -0.393 e. The number of carbonyl (C=O) groups is 1. The predicted octanol–water partition coefficient (Wildman–Crippen LogP) is 3.21. The van der Waals surface area contributed by atoms with Gasteiger partial charge < -0.3 is 11.1 Å². The van der Waals surface area contributed by atoms with Crippen molar-refractivity contribution in [3.63, 3.8) is 0 Å². The quantitative estimate of drug-likeness (QED) is 0.848. The van der Waals surface area contributed by atoms with E-state index in [9.17, 15) is 4.79 Å². The number of thiocarbonyl (C=S) groups is 1. The smallest absolute Gasteiger partial charge is 0.234 e. The lowest BCUT2D eigenvalue weighted by Crippen LogP contribution is -2.30. The normalized spacial score (nSPS) is 11.7. The van der Waals surface area contributed by atoms with Gasteiger partial charge in [0.05, 0.1) is 10.9 Å². The lowest BCUT2D eigenvalue weighted by molar-refractivity contribution is -0.117. The van der Waals surface area contributed by atoms with Gasteiger partial charge in [0.15, 0.2) is 0 Å². The molecule has 2 aromatic rings. The molecular weight excluding hydrogens is 268 g/mol. The fraction of sp³-hybridized carbons (Fsp3) is 0.125. The Morgan fingerprint density at radius 2 is 1.60 bits per heavy atom. The molecule has 3 N–H and O–H groups in total. The van der Waals surface area contributed by atoms with Crippen LogP contribution < -0.4 is 11.1 Å². The number of anilines is 1. The molecule has 4 heteroatoms. The topological polar surface area (TPSA) is 55.1 Å². The third-order valence-electron chi connectivity index (χ3n) is 3.08. The van der Waals surface area contributed by atoms with Crippen molar-refractivity contribution in [2.24, 2.45) is 11.7 Å². The van der Waals surface area contributed by atoms with Crippen LogP contribution >= 0.6 is 12.2 Å². The molecule has 0 fully saturated rings. The number of nitrogens with one attached hydrogen (secondary N) is 1. The maximum Gasteiger partial charge on any atom is 0.234 e. The van der Waals surface area contributed by atoms with E-state index in [-0.39, 0.29) is 10.9 Å². The van der Waals surface area contributed by atoms with E-state index in [1.165, 1.54) is 0 Å². The maximum absolute atomic E-state index is 11.8. The van der Waals surface area contributed by atoms with Gasteiger partial charge in [-0.2, -0.15) is 0 Å². The van der Waals surface area contributed by atoms with Crippen LogP contribution in [0.1, 0.15) is 6.92 Å². The Hall–Kier alpha value is -2.20. The van der Waals surface area contributed by atoms with E-state index in [0.29, 0.717) is 0 Å². The molecule has 0 bridgehead atoms. The summed E-state index contributed by atoms with van der Waals surface area (Å²) < 4.78 is 0. The highest BCUT2D eigenvalue weighted by molar-refractivity contribution is 7.80. The molecule has 1 atom stereocenters. The number of benzene rings is 2. The van der Waals surface area contributed by atoms with E-state index in [2.05, 4.69) is 5.32 Å². The molecule has 1 unspecified atom stereocenters. The Kier molecular flexibility index (Phi) is 4.48. The van der Waals surface area contributed by atoms with Crippen molar-refractivity contribution in [3.05, 3.63) is 54.6 Å². The molecule has 2 rings (SSSR count). The van der Waals surface area contributed by atoms with Gasteiger partial charge in [0.2, 0.25) is 5.91 Å². The molecule has 0 aliphatic heterocycles. The third-order valence-corrected chi connectivity index (χ3v) is 3.43. The summed E-state index contributed by atoms with van der Waals surface area (Å²) in [6, 6.07) is 17.7. The number of rotatable bonds is 4. The minimum atomic E-state index is -0.473. The molecule has 102 valence electrons. The molecule has 2 aromatic carbocycles. The van der Waals surface area contributed by atoms with Gasteiger partial charge in [0.25, 0.3) is 0 Å². The summed E-state index contributed by atoms with van der Waals surface area (Å²) in [7, 11) is 0. The number of hydrogen-bond donors (Lipinski definition) is 2. The summed E-state index contributed by atoms with van der Waals surface area (Å²) in [6.45, 7) is 1.69. The molecule has 0 spiro atoms. The largest absolute Gasteiger partial charge is 0.393 e. The summed E-state index contributed by atoms with van der Waals surface area (Å²) in [6.07, 6.45) is 0. The first-order chi connectivity index (χ1) is 9.58. The van der Waals surface area contributed by atoms with Gasteiger partial charge in [-0.3, -0.25) is 4.79 Å². The van der Waals surface area contributed by atoms with Crippen LogP contribution in [-0.2, 0) is 4.79 Å².